The Balaban J connectivity index is 2.34. The van der Waals surface area contributed by atoms with E-state index in [0.29, 0.717) is 0 Å². The molecule has 1 atom stereocenters. The highest BCUT2D eigenvalue weighted by Gasteiger charge is 2.28. The number of carbonyl (C=O) groups is 1. The smallest absolute Gasteiger partial charge is 0.226 e. The van der Waals surface area contributed by atoms with Crippen LogP contribution >= 0.6 is 0 Å². The maximum atomic E-state index is 11.3. The van der Waals surface area contributed by atoms with Gasteiger partial charge < -0.3 is 5.32 Å². The first-order chi connectivity index (χ1) is 4.91. The lowest BCUT2D eigenvalue weighted by atomic mass is 9.95. The van der Waals surface area contributed by atoms with E-state index in [1.54, 1.807) is 0 Å². The Hall–Kier alpha value is -0.790. The summed E-state index contributed by atoms with van der Waals surface area (Å²) in [5.41, 5.74) is 0.999. The predicted molar refractivity (Wildman–Crippen MR) is 45.1 cm³/mol. The van der Waals surface area contributed by atoms with Crippen LogP contribution in [0.2, 0.25) is 0 Å². The number of hydrogen-bond donors (Lipinski definition) is 1. The molecule has 0 spiro atoms. The molecule has 0 heterocycles. The van der Waals surface area contributed by atoms with E-state index in [-0.39, 0.29) is 17.4 Å². The molecule has 1 aliphatic rings. The molecular formula is C9H15NO. The van der Waals surface area contributed by atoms with E-state index in [1.165, 1.54) is 5.57 Å². The minimum Gasteiger partial charge on any atom is -0.346 e. The Kier molecular flexibility index (Phi) is 1.78. The molecule has 0 aromatic rings. The average molecular weight is 153 g/mol. The second-order valence-corrected chi connectivity index (χ2v) is 4.11. The molecule has 0 fully saturated rings. The van der Waals surface area contributed by atoms with Gasteiger partial charge in [-0.1, -0.05) is 26.8 Å². The van der Waals surface area contributed by atoms with Gasteiger partial charge in [-0.25, -0.2) is 0 Å². The van der Waals surface area contributed by atoms with Crippen molar-refractivity contribution < 1.29 is 4.79 Å². The van der Waals surface area contributed by atoms with Gasteiger partial charge in [0.05, 0.1) is 6.04 Å². The summed E-state index contributed by atoms with van der Waals surface area (Å²) in [7, 11) is 0. The second kappa shape index (κ2) is 2.36. The van der Waals surface area contributed by atoms with E-state index in [1.807, 2.05) is 33.8 Å². The molecule has 62 valence electrons. The van der Waals surface area contributed by atoms with Crippen molar-refractivity contribution >= 4 is 5.91 Å². The molecule has 0 aromatic carbocycles. The lowest BCUT2D eigenvalue weighted by molar-refractivity contribution is -0.128. The summed E-state index contributed by atoms with van der Waals surface area (Å²) < 4.78 is 0. The van der Waals surface area contributed by atoms with Crippen LogP contribution in [0.1, 0.15) is 27.7 Å². The van der Waals surface area contributed by atoms with Crippen molar-refractivity contribution in [2.75, 3.05) is 0 Å². The number of hydrogen-bond acceptors (Lipinski definition) is 1. The van der Waals surface area contributed by atoms with E-state index < -0.39 is 0 Å². The topological polar surface area (TPSA) is 29.1 Å². The average Bonchev–Trinajstić information content (AvgIpc) is 2.44. The maximum Gasteiger partial charge on any atom is 0.226 e. The zero-order chi connectivity index (χ0) is 8.65. The Labute approximate surface area is 67.7 Å². The van der Waals surface area contributed by atoms with E-state index in [0.717, 1.165) is 0 Å². The van der Waals surface area contributed by atoms with Crippen LogP contribution in [0.15, 0.2) is 11.6 Å². The number of amides is 1. The van der Waals surface area contributed by atoms with Crippen molar-refractivity contribution in [3.8, 4) is 0 Å². The van der Waals surface area contributed by atoms with Crippen molar-refractivity contribution in [3.63, 3.8) is 0 Å². The van der Waals surface area contributed by atoms with Crippen LogP contribution in [0.3, 0.4) is 0 Å². The van der Waals surface area contributed by atoms with Crippen molar-refractivity contribution in [3.05, 3.63) is 11.6 Å². The molecule has 0 saturated heterocycles. The minimum absolute atomic E-state index is 0.121. The van der Waals surface area contributed by atoms with Gasteiger partial charge in [0.1, 0.15) is 0 Å². The molecule has 1 N–H and O–H groups in total. The first-order valence-corrected chi connectivity index (χ1v) is 3.90. The molecule has 2 nitrogen and oxygen atoms in total. The number of carbonyl (C=O) groups excluding carboxylic acids is 1. The fourth-order valence-electron chi connectivity index (χ4n) is 0.728. The van der Waals surface area contributed by atoms with Gasteiger partial charge in [0.15, 0.2) is 0 Å². The van der Waals surface area contributed by atoms with Gasteiger partial charge in [-0.2, -0.15) is 0 Å². The lowest BCUT2D eigenvalue weighted by Crippen LogP contribution is -2.37. The van der Waals surface area contributed by atoms with Gasteiger partial charge in [0.2, 0.25) is 5.91 Å². The summed E-state index contributed by atoms with van der Waals surface area (Å²) in [5, 5.41) is 2.91. The van der Waals surface area contributed by atoms with Crippen molar-refractivity contribution in [1.29, 1.82) is 0 Å². The first kappa shape index (κ1) is 8.31. The summed E-state index contributed by atoms with van der Waals surface area (Å²) in [6, 6.07) is 0.252. The normalized spacial score (nSPS) is 22.5. The van der Waals surface area contributed by atoms with Gasteiger partial charge in [0.25, 0.3) is 0 Å². The zero-order valence-corrected chi connectivity index (χ0v) is 7.56. The van der Waals surface area contributed by atoms with Gasteiger partial charge >= 0.3 is 0 Å². The van der Waals surface area contributed by atoms with Gasteiger partial charge in [-0.05, 0) is 12.5 Å². The van der Waals surface area contributed by atoms with Gasteiger partial charge in [-0.15, -0.1) is 0 Å². The second-order valence-electron chi connectivity index (χ2n) is 4.11. The van der Waals surface area contributed by atoms with Crippen LogP contribution < -0.4 is 5.32 Å². The highest BCUT2D eigenvalue weighted by atomic mass is 16.2. The highest BCUT2D eigenvalue weighted by Crippen LogP contribution is 2.21. The number of rotatable bonds is 1. The van der Waals surface area contributed by atoms with Crippen LogP contribution in [-0.2, 0) is 4.79 Å². The monoisotopic (exact) mass is 153 g/mol. The summed E-state index contributed by atoms with van der Waals surface area (Å²) in [6.45, 7) is 7.77. The van der Waals surface area contributed by atoms with Crippen LogP contribution in [-0.4, -0.2) is 11.9 Å². The fraction of sp³-hybridized carbons (Fsp3) is 0.667. The van der Waals surface area contributed by atoms with E-state index in [9.17, 15) is 4.79 Å². The Morgan fingerprint density at radius 1 is 1.55 bits per heavy atom. The first-order valence-electron chi connectivity index (χ1n) is 3.90. The predicted octanol–water partition coefficient (Wildman–Crippen LogP) is 1.48. The molecule has 1 aliphatic carbocycles. The van der Waals surface area contributed by atoms with Crippen molar-refractivity contribution in [2.45, 2.75) is 33.7 Å². The molecule has 1 amide bonds. The van der Waals surface area contributed by atoms with Crippen LogP contribution in [0.4, 0.5) is 0 Å². The van der Waals surface area contributed by atoms with Gasteiger partial charge in [-0.3, -0.25) is 4.79 Å². The van der Waals surface area contributed by atoms with E-state index >= 15 is 0 Å². The molecule has 2 heteroatoms. The molecule has 0 saturated carbocycles. The Bertz CT molecular complexity index is 210. The largest absolute Gasteiger partial charge is 0.346 e. The molecular weight excluding hydrogens is 138 g/mol. The summed E-state index contributed by atoms with van der Waals surface area (Å²) in [6.07, 6.45) is 2.05. The van der Waals surface area contributed by atoms with Gasteiger partial charge in [0, 0.05) is 5.41 Å². The molecule has 0 radical (unpaired) electrons. The third-order valence-corrected chi connectivity index (χ3v) is 1.78. The third-order valence-electron chi connectivity index (χ3n) is 1.78. The summed E-state index contributed by atoms with van der Waals surface area (Å²) >= 11 is 0. The summed E-state index contributed by atoms with van der Waals surface area (Å²) in [5.74, 6) is 0.121. The van der Waals surface area contributed by atoms with Crippen LogP contribution in [0.5, 0.6) is 0 Å². The molecule has 0 aliphatic heterocycles. The maximum absolute atomic E-state index is 11.3. The number of nitrogens with one attached hydrogen (secondary N) is 1. The Morgan fingerprint density at radius 3 is 2.27 bits per heavy atom. The molecule has 0 aromatic heterocycles. The summed E-state index contributed by atoms with van der Waals surface area (Å²) in [4.78, 5) is 11.3. The third kappa shape index (κ3) is 2.07. The highest BCUT2D eigenvalue weighted by molar-refractivity contribution is 5.82. The van der Waals surface area contributed by atoms with E-state index in [2.05, 4.69) is 5.32 Å². The van der Waals surface area contributed by atoms with Crippen molar-refractivity contribution in [1.82, 2.24) is 5.32 Å². The molecule has 1 rings (SSSR count). The van der Waals surface area contributed by atoms with Crippen LogP contribution in [0, 0.1) is 5.41 Å². The molecule has 0 bridgehead atoms. The van der Waals surface area contributed by atoms with E-state index in [4.69, 9.17) is 0 Å². The lowest BCUT2D eigenvalue weighted by Gasteiger charge is -2.17. The molecule has 11 heavy (non-hydrogen) atoms. The standard InChI is InChI=1S/C9H15NO/c1-6-5-7(6)10-8(11)9(2,3)4/h5,7H,1-4H3,(H,10,11). The fourth-order valence-corrected chi connectivity index (χ4v) is 0.728. The quantitative estimate of drug-likeness (QED) is 0.568. The zero-order valence-electron chi connectivity index (χ0n) is 7.56. The Morgan fingerprint density at radius 2 is 2.00 bits per heavy atom. The molecule has 1 unspecified atom stereocenters. The SMILES string of the molecule is CC1=CC1NC(=O)C(C)(C)C. The minimum atomic E-state index is -0.267. The van der Waals surface area contributed by atoms with Crippen molar-refractivity contribution in [2.24, 2.45) is 5.41 Å². The van der Waals surface area contributed by atoms with Crippen LogP contribution in [0.25, 0.3) is 0 Å².